The predicted octanol–water partition coefficient (Wildman–Crippen LogP) is 5.15. The number of nitrogens with two attached hydrogens (primary N) is 1. The second-order valence-corrected chi connectivity index (χ2v) is 9.81. The lowest BCUT2D eigenvalue weighted by Gasteiger charge is -2.29. The molecule has 2 rings (SSSR count). The first-order chi connectivity index (χ1) is 15.6. The van der Waals surface area contributed by atoms with Crippen molar-refractivity contribution >= 4 is 11.9 Å². The maximum Gasteiger partial charge on any atom is 0.0375 e. The molecule has 33 heavy (non-hydrogen) atoms. The van der Waals surface area contributed by atoms with E-state index in [0.29, 0.717) is 6.42 Å². The lowest BCUT2D eigenvalue weighted by atomic mass is 9.84. The average Bonchev–Trinajstić information content (AvgIpc) is 2.78. The molecule has 1 saturated heterocycles. The summed E-state index contributed by atoms with van der Waals surface area (Å²) in [6, 6.07) is 6.17. The molecule has 0 saturated carbocycles. The minimum absolute atomic E-state index is 0.206. The lowest BCUT2D eigenvalue weighted by molar-refractivity contribution is 0.219. The van der Waals surface area contributed by atoms with Crippen molar-refractivity contribution in [2.24, 2.45) is 11.0 Å². The average molecular weight is 450 g/mol. The number of likely N-dealkylation sites (tertiary alicyclic amines) is 1. The molecule has 0 atom stereocenters. The van der Waals surface area contributed by atoms with Crippen molar-refractivity contribution in [1.29, 1.82) is 0 Å². The topological polar surface area (TPSA) is 65.7 Å². The summed E-state index contributed by atoms with van der Waals surface area (Å²) < 4.78 is 0. The van der Waals surface area contributed by atoms with Gasteiger partial charge < -0.3 is 21.4 Å². The first-order valence-corrected chi connectivity index (χ1v) is 11.9. The van der Waals surface area contributed by atoms with E-state index in [9.17, 15) is 0 Å². The van der Waals surface area contributed by atoms with Crippen LogP contribution >= 0.6 is 0 Å². The van der Waals surface area contributed by atoms with Crippen LogP contribution in [-0.4, -0.2) is 38.3 Å². The molecule has 0 spiro atoms. The zero-order chi connectivity index (χ0) is 24.4. The summed E-state index contributed by atoms with van der Waals surface area (Å²) in [5, 5.41) is 7.60. The molecule has 180 valence electrons. The molecule has 0 radical (unpaired) electrons. The van der Waals surface area contributed by atoms with Crippen LogP contribution in [-0.2, 0) is 11.8 Å². The second kappa shape index (κ2) is 12.4. The normalized spacial score (nSPS) is 16.8. The Labute approximate surface area is 201 Å². The Balaban J connectivity index is 2.02. The quantitative estimate of drug-likeness (QED) is 0.189. The van der Waals surface area contributed by atoms with Gasteiger partial charge in [0.25, 0.3) is 0 Å². The highest BCUT2D eigenvalue weighted by molar-refractivity contribution is 5.73. The Hall–Kier alpha value is -2.79. The Bertz CT molecular complexity index is 899. The third-order valence-corrected chi connectivity index (χ3v) is 6.34. The first-order valence-electron chi connectivity index (χ1n) is 11.9. The Morgan fingerprint density at radius 3 is 2.61 bits per heavy atom. The number of nitrogens with one attached hydrogen (secondary N) is 2. The van der Waals surface area contributed by atoms with Crippen LogP contribution in [0.15, 0.2) is 71.7 Å². The lowest BCUT2D eigenvalue weighted by Crippen LogP contribution is -2.30. The van der Waals surface area contributed by atoms with E-state index >= 15 is 0 Å². The van der Waals surface area contributed by atoms with E-state index in [2.05, 4.69) is 86.0 Å². The van der Waals surface area contributed by atoms with Crippen molar-refractivity contribution in [2.75, 3.05) is 32.9 Å². The van der Waals surface area contributed by atoms with Crippen molar-refractivity contribution in [3.8, 4) is 0 Å². The molecule has 1 heterocycles. The number of rotatable bonds is 11. The molecule has 0 unspecified atom stereocenters. The number of nitrogen functional groups attached to an aromatic ring is 1. The zero-order valence-electron chi connectivity index (χ0n) is 21.2. The molecule has 1 fully saturated rings. The monoisotopic (exact) mass is 449 g/mol. The summed E-state index contributed by atoms with van der Waals surface area (Å²) in [6.07, 6.45) is 12.4. The molecule has 5 heteroatoms. The summed E-state index contributed by atoms with van der Waals surface area (Å²) >= 11 is 0. The molecule has 1 aliphatic heterocycles. The molecule has 0 aromatic heterocycles. The van der Waals surface area contributed by atoms with E-state index in [1.807, 2.05) is 18.4 Å². The Morgan fingerprint density at radius 1 is 1.27 bits per heavy atom. The molecule has 1 aromatic rings. The number of piperidine rings is 1. The molecule has 4 N–H and O–H groups in total. The van der Waals surface area contributed by atoms with Gasteiger partial charge in [0.2, 0.25) is 0 Å². The van der Waals surface area contributed by atoms with Gasteiger partial charge in [-0.1, -0.05) is 50.8 Å². The van der Waals surface area contributed by atoms with Crippen LogP contribution in [0.2, 0.25) is 0 Å². The summed E-state index contributed by atoms with van der Waals surface area (Å²) in [4.78, 5) is 2.42. The van der Waals surface area contributed by atoms with Crippen molar-refractivity contribution in [1.82, 2.24) is 15.6 Å². The highest BCUT2D eigenvalue weighted by Gasteiger charge is 2.19. The van der Waals surface area contributed by atoms with Crippen molar-refractivity contribution in [3.63, 3.8) is 0 Å². The van der Waals surface area contributed by atoms with Gasteiger partial charge >= 0.3 is 0 Å². The van der Waals surface area contributed by atoms with Crippen LogP contribution in [0.1, 0.15) is 51.2 Å². The van der Waals surface area contributed by atoms with E-state index in [0.717, 1.165) is 40.5 Å². The van der Waals surface area contributed by atoms with E-state index in [1.165, 1.54) is 31.5 Å². The Morgan fingerprint density at radius 2 is 1.97 bits per heavy atom. The zero-order valence-corrected chi connectivity index (χ0v) is 21.2. The smallest absolute Gasteiger partial charge is 0.0375 e. The molecular weight excluding hydrogens is 406 g/mol. The maximum absolute atomic E-state index is 6.28. The number of hydrogen-bond acceptors (Lipinski definition) is 5. The van der Waals surface area contributed by atoms with Gasteiger partial charge in [-0.2, -0.15) is 5.10 Å². The van der Waals surface area contributed by atoms with Gasteiger partial charge in [-0.25, -0.2) is 0 Å². The fourth-order valence-corrected chi connectivity index (χ4v) is 4.12. The minimum Gasteiger partial charge on any atom is -0.398 e. The SMILES string of the molecule is C=C/C(=C\C=C(/C)CC1CCN(C)CC1)NC(=C)Cc1cc(C(C)(C)/C=N\NC)ccc1N. The van der Waals surface area contributed by atoms with Crippen LogP contribution in [0, 0.1) is 5.92 Å². The predicted molar refractivity (Wildman–Crippen MR) is 144 cm³/mol. The molecule has 5 nitrogen and oxygen atoms in total. The highest BCUT2D eigenvalue weighted by Crippen LogP contribution is 2.26. The number of benzene rings is 1. The molecule has 1 aliphatic rings. The summed E-state index contributed by atoms with van der Waals surface area (Å²) in [5.74, 6) is 0.790. The van der Waals surface area contributed by atoms with Gasteiger partial charge in [-0.05, 0) is 81.6 Å². The molecule has 0 bridgehead atoms. The number of anilines is 1. The third-order valence-electron chi connectivity index (χ3n) is 6.34. The van der Waals surface area contributed by atoms with E-state index in [4.69, 9.17) is 5.73 Å². The van der Waals surface area contributed by atoms with Gasteiger partial charge in [0.15, 0.2) is 0 Å². The van der Waals surface area contributed by atoms with Crippen molar-refractivity contribution in [3.05, 3.63) is 77.7 Å². The molecular formula is C28H43N5. The number of hydrogen-bond donors (Lipinski definition) is 3. The maximum atomic E-state index is 6.28. The minimum atomic E-state index is -0.206. The number of allylic oxidation sites excluding steroid dienone is 5. The van der Waals surface area contributed by atoms with Gasteiger partial charge in [0.1, 0.15) is 0 Å². The van der Waals surface area contributed by atoms with Gasteiger partial charge in [-0.15, -0.1) is 0 Å². The summed E-state index contributed by atoms with van der Waals surface area (Å²) in [6.45, 7) is 17.1. The number of hydrazone groups is 1. The van der Waals surface area contributed by atoms with E-state index in [-0.39, 0.29) is 5.41 Å². The van der Waals surface area contributed by atoms with Gasteiger partial charge in [-0.3, -0.25) is 0 Å². The Kier molecular flexibility index (Phi) is 9.98. The molecule has 1 aromatic carbocycles. The summed E-state index contributed by atoms with van der Waals surface area (Å²) in [7, 11) is 4.01. The molecule has 0 amide bonds. The standard InChI is InChI=1S/C28H43N5/c1-8-26(11-9-21(2)17-23-13-15-33(7)16-14-23)32-22(3)18-24-19-25(10-12-27(24)29)28(4,5)20-31-30-6/h8-12,19-20,23,30,32H,1,3,13-18,29H2,2,4-7H3/b21-9+,26-11+,31-20-. The number of nitrogens with zero attached hydrogens (tertiary/aromatic N) is 2. The second-order valence-electron chi connectivity index (χ2n) is 9.81. The van der Waals surface area contributed by atoms with Gasteiger partial charge in [0, 0.05) is 42.2 Å². The van der Waals surface area contributed by atoms with E-state index < -0.39 is 0 Å². The van der Waals surface area contributed by atoms with E-state index in [1.54, 1.807) is 7.05 Å². The van der Waals surface area contributed by atoms with Crippen LogP contribution in [0.3, 0.4) is 0 Å². The summed E-state index contributed by atoms with van der Waals surface area (Å²) in [5.41, 5.74) is 15.1. The van der Waals surface area contributed by atoms with Crippen molar-refractivity contribution in [2.45, 2.75) is 51.9 Å². The largest absolute Gasteiger partial charge is 0.398 e. The van der Waals surface area contributed by atoms with Crippen LogP contribution in [0.5, 0.6) is 0 Å². The van der Waals surface area contributed by atoms with Crippen LogP contribution in [0.25, 0.3) is 0 Å². The highest BCUT2D eigenvalue weighted by atomic mass is 15.3. The molecule has 0 aliphatic carbocycles. The fraction of sp³-hybridized carbons (Fsp3) is 0.464. The fourth-order valence-electron chi connectivity index (χ4n) is 4.12. The van der Waals surface area contributed by atoms with Gasteiger partial charge in [0.05, 0.1) is 0 Å². The first kappa shape index (κ1) is 26.5. The van der Waals surface area contributed by atoms with Crippen molar-refractivity contribution < 1.29 is 0 Å². The van der Waals surface area contributed by atoms with Crippen LogP contribution < -0.4 is 16.5 Å². The van der Waals surface area contributed by atoms with Crippen LogP contribution in [0.4, 0.5) is 5.69 Å². The third kappa shape index (κ3) is 8.58.